The molecule has 1 N–H and O–H groups in total. The minimum atomic E-state index is 0.254. The fourth-order valence-electron chi connectivity index (χ4n) is 2.54. The van der Waals surface area contributed by atoms with E-state index in [1.54, 1.807) is 19.6 Å². The second kappa shape index (κ2) is 5.59. The Labute approximate surface area is 118 Å². The Morgan fingerprint density at radius 3 is 3.00 bits per heavy atom. The van der Waals surface area contributed by atoms with Crippen molar-refractivity contribution < 1.29 is 13.9 Å². The summed E-state index contributed by atoms with van der Waals surface area (Å²) in [6.07, 6.45) is 4.64. The van der Waals surface area contributed by atoms with Gasteiger partial charge in [0.1, 0.15) is 17.6 Å². The lowest BCUT2D eigenvalue weighted by Gasteiger charge is -2.11. The summed E-state index contributed by atoms with van der Waals surface area (Å²) < 4.78 is 16.3. The van der Waals surface area contributed by atoms with E-state index in [0.29, 0.717) is 0 Å². The molecule has 20 heavy (non-hydrogen) atoms. The Balaban J connectivity index is 1.70. The van der Waals surface area contributed by atoms with Crippen LogP contribution in [0, 0.1) is 0 Å². The van der Waals surface area contributed by atoms with Crippen LogP contribution < -0.4 is 14.8 Å². The minimum Gasteiger partial charge on any atom is -0.496 e. The van der Waals surface area contributed by atoms with Gasteiger partial charge >= 0.3 is 0 Å². The summed E-state index contributed by atoms with van der Waals surface area (Å²) in [6.45, 7) is 3.59. The van der Waals surface area contributed by atoms with Gasteiger partial charge in [-0.2, -0.15) is 0 Å². The smallest absolute Gasteiger partial charge is 0.123 e. The van der Waals surface area contributed by atoms with Gasteiger partial charge in [-0.15, -0.1) is 0 Å². The SMILES string of the molecule is COc1cc2c(cc1CNCc1ccoc1)OC(C)C2. The molecule has 1 aromatic carbocycles. The van der Waals surface area contributed by atoms with Crippen molar-refractivity contribution in [3.8, 4) is 11.5 Å². The van der Waals surface area contributed by atoms with Crippen LogP contribution >= 0.6 is 0 Å². The molecule has 0 aliphatic carbocycles. The Morgan fingerprint density at radius 1 is 1.35 bits per heavy atom. The number of fused-ring (bicyclic) bond motifs is 1. The van der Waals surface area contributed by atoms with Crippen LogP contribution in [0.25, 0.3) is 0 Å². The van der Waals surface area contributed by atoms with E-state index in [9.17, 15) is 0 Å². The summed E-state index contributed by atoms with van der Waals surface area (Å²) in [5.41, 5.74) is 3.48. The van der Waals surface area contributed by atoms with Crippen molar-refractivity contribution in [1.82, 2.24) is 5.32 Å². The quantitative estimate of drug-likeness (QED) is 0.909. The number of hydrogen-bond acceptors (Lipinski definition) is 4. The molecule has 4 nitrogen and oxygen atoms in total. The van der Waals surface area contributed by atoms with Gasteiger partial charge in [-0.1, -0.05) is 0 Å². The summed E-state index contributed by atoms with van der Waals surface area (Å²) in [6, 6.07) is 6.13. The maximum absolute atomic E-state index is 5.80. The largest absolute Gasteiger partial charge is 0.496 e. The number of furan rings is 1. The summed E-state index contributed by atoms with van der Waals surface area (Å²) >= 11 is 0. The highest BCUT2D eigenvalue weighted by molar-refractivity contribution is 5.48. The lowest BCUT2D eigenvalue weighted by Crippen LogP contribution is -2.13. The molecule has 1 aliphatic rings. The average molecular weight is 273 g/mol. The van der Waals surface area contributed by atoms with Gasteiger partial charge in [0, 0.05) is 36.2 Å². The molecule has 0 saturated carbocycles. The number of rotatable bonds is 5. The first-order valence-electron chi connectivity index (χ1n) is 6.84. The summed E-state index contributed by atoms with van der Waals surface area (Å²) in [4.78, 5) is 0. The Hall–Kier alpha value is -1.94. The first-order valence-corrected chi connectivity index (χ1v) is 6.84. The number of ether oxygens (including phenoxy) is 2. The molecule has 2 heterocycles. The highest BCUT2D eigenvalue weighted by atomic mass is 16.5. The molecule has 106 valence electrons. The molecule has 3 rings (SSSR count). The first-order chi connectivity index (χ1) is 9.76. The average Bonchev–Trinajstić information content (AvgIpc) is 3.05. The van der Waals surface area contributed by atoms with Gasteiger partial charge in [-0.3, -0.25) is 0 Å². The zero-order valence-corrected chi connectivity index (χ0v) is 11.8. The second-order valence-corrected chi connectivity index (χ2v) is 5.14. The predicted octanol–water partition coefficient (Wildman–Crippen LogP) is 2.90. The third-order valence-corrected chi connectivity index (χ3v) is 3.52. The molecule has 1 atom stereocenters. The molecule has 2 aromatic rings. The Bertz CT molecular complexity index is 578. The number of nitrogens with one attached hydrogen (secondary N) is 1. The van der Waals surface area contributed by atoms with Crippen molar-refractivity contribution in [2.24, 2.45) is 0 Å². The molecule has 0 fully saturated rings. The van der Waals surface area contributed by atoms with E-state index in [0.717, 1.165) is 42.1 Å². The molecule has 0 amide bonds. The summed E-state index contributed by atoms with van der Waals surface area (Å²) in [7, 11) is 1.71. The van der Waals surface area contributed by atoms with Gasteiger partial charge in [0.15, 0.2) is 0 Å². The molecule has 1 aromatic heterocycles. The molecule has 4 heteroatoms. The number of hydrogen-bond donors (Lipinski definition) is 1. The van der Waals surface area contributed by atoms with E-state index in [4.69, 9.17) is 13.9 Å². The van der Waals surface area contributed by atoms with Gasteiger partial charge in [0.2, 0.25) is 0 Å². The summed E-state index contributed by atoms with van der Waals surface area (Å²) in [5.74, 6) is 1.90. The van der Waals surface area contributed by atoms with E-state index < -0.39 is 0 Å². The number of benzene rings is 1. The van der Waals surface area contributed by atoms with Crippen LogP contribution in [-0.4, -0.2) is 13.2 Å². The van der Waals surface area contributed by atoms with E-state index in [-0.39, 0.29) is 6.10 Å². The molecule has 1 aliphatic heterocycles. The van der Waals surface area contributed by atoms with E-state index in [2.05, 4.69) is 24.4 Å². The third kappa shape index (κ3) is 2.65. The van der Waals surface area contributed by atoms with Crippen molar-refractivity contribution in [3.63, 3.8) is 0 Å². The maximum atomic E-state index is 5.80. The minimum absolute atomic E-state index is 0.254. The van der Waals surface area contributed by atoms with Crippen molar-refractivity contribution in [2.75, 3.05) is 7.11 Å². The Kier molecular flexibility index (Phi) is 3.65. The van der Waals surface area contributed by atoms with Gasteiger partial charge in [0.25, 0.3) is 0 Å². The topological polar surface area (TPSA) is 43.6 Å². The van der Waals surface area contributed by atoms with Crippen molar-refractivity contribution >= 4 is 0 Å². The molecule has 1 unspecified atom stereocenters. The van der Waals surface area contributed by atoms with Crippen LogP contribution in [0.5, 0.6) is 11.5 Å². The summed E-state index contributed by atoms with van der Waals surface area (Å²) in [5, 5.41) is 3.39. The van der Waals surface area contributed by atoms with Crippen LogP contribution in [0.15, 0.2) is 35.1 Å². The van der Waals surface area contributed by atoms with Crippen molar-refractivity contribution in [3.05, 3.63) is 47.4 Å². The van der Waals surface area contributed by atoms with Crippen LogP contribution in [0.4, 0.5) is 0 Å². The Morgan fingerprint density at radius 2 is 2.25 bits per heavy atom. The molecule has 0 bridgehead atoms. The van der Waals surface area contributed by atoms with Crippen LogP contribution in [-0.2, 0) is 19.5 Å². The highest BCUT2D eigenvalue weighted by Crippen LogP contribution is 2.34. The van der Waals surface area contributed by atoms with Gasteiger partial charge in [-0.05, 0) is 25.1 Å². The standard InChI is InChI=1S/C16H19NO3/c1-11-5-13-6-15(18-2)14(7-16(13)20-11)9-17-8-12-3-4-19-10-12/h3-4,6-7,10-11,17H,5,8-9H2,1-2H3. The highest BCUT2D eigenvalue weighted by Gasteiger charge is 2.21. The van der Waals surface area contributed by atoms with Gasteiger partial charge in [0.05, 0.1) is 19.6 Å². The maximum Gasteiger partial charge on any atom is 0.123 e. The van der Waals surface area contributed by atoms with E-state index in [1.165, 1.54) is 5.56 Å². The lowest BCUT2D eigenvalue weighted by molar-refractivity contribution is 0.254. The van der Waals surface area contributed by atoms with Gasteiger partial charge < -0.3 is 19.2 Å². The third-order valence-electron chi connectivity index (χ3n) is 3.52. The molecule has 0 spiro atoms. The van der Waals surface area contributed by atoms with Crippen molar-refractivity contribution in [2.45, 2.75) is 32.5 Å². The van der Waals surface area contributed by atoms with Crippen LogP contribution in [0.1, 0.15) is 23.6 Å². The predicted molar refractivity (Wildman–Crippen MR) is 76.0 cm³/mol. The fraction of sp³-hybridized carbons (Fsp3) is 0.375. The molecular formula is C16H19NO3. The van der Waals surface area contributed by atoms with Gasteiger partial charge in [-0.25, -0.2) is 0 Å². The number of methoxy groups -OCH3 is 1. The zero-order valence-electron chi connectivity index (χ0n) is 11.8. The molecular weight excluding hydrogens is 254 g/mol. The van der Waals surface area contributed by atoms with Crippen LogP contribution in [0.3, 0.4) is 0 Å². The first kappa shape index (κ1) is 13.1. The van der Waals surface area contributed by atoms with Crippen LogP contribution in [0.2, 0.25) is 0 Å². The zero-order chi connectivity index (χ0) is 13.9. The normalized spacial score (nSPS) is 16.8. The fourth-order valence-corrected chi connectivity index (χ4v) is 2.54. The lowest BCUT2D eigenvalue weighted by atomic mass is 10.1. The van der Waals surface area contributed by atoms with E-state index in [1.807, 2.05) is 6.07 Å². The molecule has 0 radical (unpaired) electrons. The van der Waals surface area contributed by atoms with Crippen molar-refractivity contribution in [1.29, 1.82) is 0 Å². The molecule has 0 saturated heterocycles. The van der Waals surface area contributed by atoms with E-state index >= 15 is 0 Å². The second-order valence-electron chi connectivity index (χ2n) is 5.14. The monoisotopic (exact) mass is 273 g/mol.